The van der Waals surface area contributed by atoms with Crippen molar-refractivity contribution in [3.8, 4) is 6.07 Å². The Labute approximate surface area is 118 Å². The van der Waals surface area contributed by atoms with E-state index in [-0.39, 0.29) is 17.2 Å². The molecule has 0 atom stereocenters. The van der Waals surface area contributed by atoms with Crippen LogP contribution < -0.4 is 0 Å². The van der Waals surface area contributed by atoms with Gasteiger partial charge in [-0.05, 0) is 18.6 Å². The van der Waals surface area contributed by atoms with Crippen LogP contribution in [-0.4, -0.2) is 13.4 Å². The summed E-state index contributed by atoms with van der Waals surface area (Å²) in [6, 6.07) is 12.6. The summed E-state index contributed by atoms with van der Waals surface area (Å²) in [7, 11) is -3.33. The molecule has 0 spiro atoms. The molecular formula is C15H14N2O2S. The van der Waals surface area contributed by atoms with Gasteiger partial charge in [0.2, 0.25) is 0 Å². The van der Waals surface area contributed by atoms with Gasteiger partial charge in [0.15, 0.2) is 9.84 Å². The molecule has 0 aliphatic rings. The lowest BCUT2D eigenvalue weighted by atomic mass is 10.2. The van der Waals surface area contributed by atoms with Crippen LogP contribution in [0.1, 0.15) is 22.4 Å². The first kappa shape index (κ1) is 14.2. The summed E-state index contributed by atoms with van der Waals surface area (Å²) in [4.78, 5) is 3.88. The molecule has 5 heteroatoms. The van der Waals surface area contributed by atoms with Crippen LogP contribution >= 0.6 is 0 Å². The third kappa shape index (κ3) is 3.65. The van der Waals surface area contributed by atoms with E-state index in [2.05, 4.69) is 4.98 Å². The number of pyridine rings is 1. The lowest BCUT2D eigenvalue weighted by molar-refractivity contribution is 0.594. The molecule has 0 aliphatic carbocycles. The molecule has 4 nitrogen and oxygen atoms in total. The van der Waals surface area contributed by atoms with Crippen molar-refractivity contribution in [1.82, 2.24) is 4.98 Å². The molecule has 0 saturated carbocycles. The maximum atomic E-state index is 12.2. The Morgan fingerprint density at radius 2 is 2.00 bits per heavy atom. The number of sulfone groups is 1. The van der Waals surface area contributed by atoms with Gasteiger partial charge < -0.3 is 0 Å². The first-order valence-corrected chi connectivity index (χ1v) is 7.92. The molecule has 102 valence electrons. The van der Waals surface area contributed by atoms with Crippen LogP contribution in [0.4, 0.5) is 0 Å². The van der Waals surface area contributed by atoms with Crippen LogP contribution in [0, 0.1) is 18.3 Å². The molecule has 0 saturated heterocycles. The molecule has 0 bridgehead atoms. The Kier molecular flexibility index (Phi) is 4.16. The van der Waals surface area contributed by atoms with Crippen molar-refractivity contribution < 1.29 is 8.42 Å². The number of rotatable bonds is 4. The minimum absolute atomic E-state index is 0.0333. The normalized spacial score (nSPS) is 11.0. The predicted octanol–water partition coefficient (Wildman–Crippen LogP) is 2.38. The quantitative estimate of drug-likeness (QED) is 0.865. The minimum Gasteiger partial charge on any atom is -0.245 e. The van der Waals surface area contributed by atoms with Crippen molar-refractivity contribution in [2.24, 2.45) is 0 Å². The highest BCUT2D eigenvalue weighted by Gasteiger charge is 2.16. The van der Waals surface area contributed by atoms with Crippen molar-refractivity contribution in [1.29, 1.82) is 5.26 Å². The maximum absolute atomic E-state index is 12.2. The van der Waals surface area contributed by atoms with E-state index in [1.807, 2.05) is 31.2 Å². The van der Waals surface area contributed by atoms with E-state index >= 15 is 0 Å². The van der Waals surface area contributed by atoms with Gasteiger partial charge in [0.25, 0.3) is 0 Å². The summed E-state index contributed by atoms with van der Waals surface area (Å²) in [6.07, 6.45) is 1.48. The van der Waals surface area contributed by atoms with Crippen molar-refractivity contribution in [3.63, 3.8) is 0 Å². The maximum Gasteiger partial charge on any atom is 0.158 e. The summed E-state index contributed by atoms with van der Waals surface area (Å²) in [5, 5.41) is 8.93. The Morgan fingerprint density at radius 3 is 2.70 bits per heavy atom. The summed E-state index contributed by atoms with van der Waals surface area (Å²) in [6.45, 7) is 1.92. The van der Waals surface area contributed by atoms with Crippen molar-refractivity contribution >= 4 is 9.84 Å². The van der Waals surface area contributed by atoms with Gasteiger partial charge in [-0.1, -0.05) is 35.9 Å². The molecule has 0 radical (unpaired) electrons. The fourth-order valence-electron chi connectivity index (χ4n) is 2.00. The van der Waals surface area contributed by atoms with Gasteiger partial charge in [0, 0.05) is 11.8 Å². The molecular weight excluding hydrogens is 272 g/mol. The SMILES string of the molecule is Cc1cccc(CS(=O)(=O)Cc2cccnc2C#N)c1. The van der Waals surface area contributed by atoms with E-state index in [9.17, 15) is 8.42 Å². The van der Waals surface area contributed by atoms with Crippen molar-refractivity contribution in [2.45, 2.75) is 18.4 Å². The van der Waals surface area contributed by atoms with Gasteiger partial charge in [-0.25, -0.2) is 13.4 Å². The van der Waals surface area contributed by atoms with Gasteiger partial charge >= 0.3 is 0 Å². The second kappa shape index (κ2) is 5.85. The summed E-state index contributed by atoms with van der Waals surface area (Å²) in [5.41, 5.74) is 2.40. The van der Waals surface area contributed by atoms with E-state index < -0.39 is 9.84 Å². The number of benzene rings is 1. The Hall–Kier alpha value is -2.19. The first-order valence-electron chi connectivity index (χ1n) is 6.10. The topological polar surface area (TPSA) is 70.8 Å². The number of hydrogen-bond donors (Lipinski definition) is 0. The lowest BCUT2D eigenvalue weighted by Gasteiger charge is -2.06. The zero-order valence-electron chi connectivity index (χ0n) is 11.1. The van der Waals surface area contributed by atoms with Crippen LogP contribution in [0.2, 0.25) is 0 Å². The molecule has 1 aromatic carbocycles. The third-order valence-electron chi connectivity index (χ3n) is 2.84. The van der Waals surface area contributed by atoms with Crippen LogP contribution in [-0.2, 0) is 21.3 Å². The highest BCUT2D eigenvalue weighted by atomic mass is 32.2. The summed E-state index contributed by atoms with van der Waals surface area (Å²) < 4.78 is 24.4. The van der Waals surface area contributed by atoms with Gasteiger partial charge in [-0.3, -0.25) is 0 Å². The molecule has 0 N–H and O–H groups in total. The standard InChI is InChI=1S/C15H14N2O2S/c1-12-4-2-5-13(8-12)10-20(18,19)11-14-6-3-7-17-15(14)9-16/h2-8H,10-11H2,1H3. The van der Waals surface area contributed by atoms with E-state index in [1.165, 1.54) is 6.20 Å². The molecule has 1 heterocycles. The largest absolute Gasteiger partial charge is 0.245 e. The molecule has 0 unspecified atom stereocenters. The van der Waals surface area contributed by atoms with Gasteiger partial charge in [0.05, 0.1) is 11.5 Å². The van der Waals surface area contributed by atoms with Crippen molar-refractivity contribution in [2.75, 3.05) is 0 Å². The number of hydrogen-bond acceptors (Lipinski definition) is 4. The molecule has 0 fully saturated rings. The zero-order chi connectivity index (χ0) is 14.6. The van der Waals surface area contributed by atoms with Gasteiger partial charge in [0.1, 0.15) is 11.8 Å². The fraction of sp³-hybridized carbons (Fsp3) is 0.200. The Balaban J connectivity index is 2.22. The van der Waals surface area contributed by atoms with Gasteiger partial charge in [-0.15, -0.1) is 0 Å². The van der Waals surface area contributed by atoms with Crippen LogP contribution in [0.5, 0.6) is 0 Å². The second-order valence-electron chi connectivity index (χ2n) is 4.64. The minimum atomic E-state index is -3.33. The highest BCUT2D eigenvalue weighted by molar-refractivity contribution is 7.89. The van der Waals surface area contributed by atoms with Crippen LogP contribution in [0.25, 0.3) is 0 Å². The third-order valence-corrected chi connectivity index (χ3v) is 4.37. The molecule has 2 aromatic rings. The van der Waals surface area contributed by atoms with E-state index in [1.54, 1.807) is 18.2 Å². The average molecular weight is 286 g/mol. The number of aromatic nitrogens is 1. The Bertz CT molecular complexity index is 761. The van der Waals surface area contributed by atoms with Crippen LogP contribution in [0.15, 0.2) is 42.6 Å². The fourth-order valence-corrected chi connectivity index (χ4v) is 3.50. The van der Waals surface area contributed by atoms with E-state index in [4.69, 9.17) is 5.26 Å². The monoisotopic (exact) mass is 286 g/mol. The molecule has 2 rings (SSSR count). The highest BCUT2D eigenvalue weighted by Crippen LogP contribution is 2.15. The summed E-state index contributed by atoms with van der Waals surface area (Å²) in [5.74, 6) is -0.202. The van der Waals surface area contributed by atoms with Crippen LogP contribution in [0.3, 0.4) is 0 Å². The average Bonchev–Trinajstić information content (AvgIpc) is 2.38. The Morgan fingerprint density at radius 1 is 1.20 bits per heavy atom. The van der Waals surface area contributed by atoms with Gasteiger partial charge in [-0.2, -0.15) is 5.26 Å². The number of nitrogens with zero attached hydrogens (tertiary/aromatic N) is 2. The van der Waals surface area contributed by atoms with Crippen molar-refractivity contribution in [3.05, 3.63) is 65.0 Å². The predicted molar refractivity (Wildman–Crippen MR) is 76.5 cm³/mol. The first-order chi connectivity index (χ1) is 9.50. The molecule has 0 aliphatic heterocycles. The molecule has 0 amide bonds. The van der Waals surface area contributed by atoms with E-state index in [0.717, 1.165) is 11.1 Å². The van der Waals surface area contributed by atoms with E-state index in [0.29, 0.717) is 5.56 Å². The summed E-state index contributed by atoms with van der Waals surface area (Å²) >= 11 is 0. The smallest absolute Gasteiger partial charge is 0.158 e. The second-order valence-corrected chi connectivity index (χ2v) is 6.71. The zero-order valence-corrected chi connectivity index (χ0v) is 11.9. The molecule has 1 aromatic heterocycles. The lowest BCUT2D eigenvalue weighted by Crippen LogP contribution is -2.09. The molecule has 20 heavy (non-hydrogen) atoms. The number of nitriles is 1. The number of aryl methyl sites for hydroxylation is 1.